The number of fused-ring (bicyclic) bond motifs is 3. The summed E-state index contributed by atoms with van der Waals surface area (Å²) in [6, 6.07) is 12.0. The van der Waals surface area contributed by atoms with Crippen LogP contribution in [0.15, 0.2) is 36.4 Å². The van der Waals surface area contributed by atoms with Crippen LogP contribution in [0.2, 0.25) is 0 Å². The van der Waals surface area contributed by atoms with Gasteiger partial charge >= 0.3 is 0 Å². The van der Waals surface area contributed by atoms with E-state index in [1.54, 1.807) is 6.07 Å². The molecule has 2 aromatic carbocycles. The van der Waals surface area contributed by atoms with Gasteiger partial charge in [-0.3, -0.25) is 4.79 Å². The van der Waals surface area contributed by atoms with Gasteiger partial charge in [-0.15, -0.1) is 0 Å². The molecule has 2 aliphatic heterocycles. The molecule has 0 unspecified atom stereocenters. The number of nitrogens with zero attached hydrogens (tertiary/aromatic N) is 5. The number of likely N-dealkylation sites (tertiary alicyclic amines) is 1. The smallest absolute Gasteiger partial charge is 0.254 e. The van der Waals surface area contributed by atoms with Crippen molar-refractivity contribution in [1.29, 1.82) is 0 Å². The molecule has 8 rings (SSSR count). The van der Waals surface area contributed by atoms with E-state index in [0.29, 0.717) is 40.8 Å². The van der Waals surface area contributed by atoms with Crippen molar-refractivity contribution in [2.24, 2.45) is 24.6 Å². The highest BCUT2D eigenvalue weighted by Gasteiger charge is 2.47. The second-order valence-electron chi connectivity index (χ2n) is 12.3. The molecule has 2 aliphatic carbocycles. The number of carbonyl (C=O) groups excluding carboxylic acids is 1. The first-order valence-electron chi connectivity index (χ1n) is 14.7. The Kier molecular flexibility index (Phi) is 5.35. The normalized spacial score (nSPS) is 25.6. The van der Waals surface area contributed by atoms with Crippen molar-refractivity contribution in [3.05, 3.63) is 47.8 Å². The molecule has 1 amide bonds. The van der Waals surface area contributed by atoms with Crippen molar-refractivity contribution in [3.63, 3.8) is 0 Å². The second-order valence-corrected chi connectivity index (χ2v) is 12.3. The molecule has 4 aliphatic rings. The van der Waals surface area contributed by atoms with E-state index in [1.165, 1.54) is 30.1 Å². The van der Waals surface area contributed by atoms with Crippen LogP contribution in [0.1, 0.15) is 48.5 Å². The number of amides is 1. The number of halogens is 1. The molecule has 2 aromatic heterocycles. The lowest BCUT2D eigenvalue weighted by Crippen LogP contribution is -2.41. The zero-order valence-corrected chi connectivity index (χ0v) is 22.8. The van der Waals surface area contributed by atoms with E-state index in [9.17, 15) is 9.90 Å². The average Bonchev–Trinajstić information content (AvgIpc) is 3.41. The Hall–Kier alpha value is -3.43. The Morgan fingerprint density at radius 2 is 1.90 bits per heavy atom. The van der Waals surface area contributed by atoms with Gasteiger partial charge in [0.25, 0.3) is 5.91 Å². The number of anilines is 1. The fraction of sp³-hybridized carbons (Fsp3) is 0.484. The van der Waals surface area contributed by atoms with E-state index in [4.69, 9.17) is 10.7 Å². The van der Waals surface area contributed by atoms with Crippen LogP contribution in [-0.4, -0.2) is 68.4 Å². The van der Waals surface area contributed by atoms with Crippen LogP contribution in [0.25, 0.3) is 33.5 Å². The predicted molar refractivity (Wildman–Crippen MR) is 153 cm³/mol. The Balaban J connectivity index is 1.25. The standard InChI is InChI=1S/C31H35FN6O2/c1-35-29-21(32)12-20(31(40)37-15-19-8-9-23(37)27(19)33)13-22(29)34-30(35)25-14-18-4-2-5-24-28(18)38(25)26(17-6-7-17)16-36(24)10-3-11-39/h2,4-5,12-14,17,19,23,26-27,39H,3,6-11,15-16,33H2,1H3/t19-,23-,26-,27-/m1/s1. The van der Waals surface area contributed by atoms with E-state index in [0.717, 1.165) is 43.4 Å². The Labute approximate surface area is 232 Å². The van der Waals surface area contributed by atoms with Gasteiger partial charge < -0.3 is 29.8 Å². The first-order chi connectivity index (χ1) is 19.4. The van der Waals surface area contributed by atoms with Crippen LogP contribution in [0.4, 0.5) is 10.1 Å². The van der Waals surface area contributed by atoms with Crippen molar-refractivity contribution in [2.75, 3.05) is 31.1 Å². The van der Waals surface area contributed by atoms with Gasteiger partial charge in [-0.25, -0.2) is 9.37 Å². The molecule has 3 N–H and O–H groups in total. The molecule has 0 spiro atoms. The summed E-state index contributed by atoms with van der Waals surface area (Å²) < 4.78 is 20.0. The first-order valence-corrected chi connectivity index (χ1v) is 14.7. The summed E-state index contributed by atoms with van der Waals surface area (Å²) in [6.45, 7) is 2.53. The second kappa shape index (κ2) is 8.78. The summed E-state index contributed by atoms with van der Waals surface area (Å²) in [5, 5.41) is 10.6. The number of aliphatic hydroxyl groups excluding tert-OH is 1. The molecule has 208 valence electrons. The fourth-order valence-corrected chi connectivity index (χ4v) is 7.85. The minimum absolute atomic E-state index is 0.0170. The maximum absolute atomic E-state index is 15.7. The van der Waals surface area contributed by atoms with Gasteiger partial charge in [-0.2, -0.15) is 0 Å². The van der Waals surface area contributed by atoms with E-state index < -0.39 is 5.82 Å². The summed E-state index contributed by atoms with van der Waals surface area (Å²) in [5.41, 5.74) is 10.9. The average molecular weight is 543 g/mol. The fourth-order valence-electron chi connectivity index (χ4n) is 7.85. The van der Waals surface area contributed by atoms with Crippen molar-refractivity contribution < 1.29 is 14.3 Å². The minimum atomic E-state index is -0.430. The number of nitrogens with two attached hydrogens (primary N) is 1. The number of para-hydroxylation sites is 1. The van der Waals surface area contributed by atoms with Gasteiger partial charge in [0, 0.05) is 56.3 Å². The van der Waals surface area contributed by atoms with E-state index in [1.807, 2.05) is 16.5 Å². The number of aryl methyl sites for hydroxylation is 1. The van der Waals surface area contributed by atoms with Crippen LogP contribution in [0.3, 0.4) is 0 Å². The summed E-state index contributed by atoms with van der Waals surface area (Å²) >= 11 is 0. The lowest BCUT2D eigenvalue weighted by atomic mass is 10.1. The highest BCUT2D eigenvalue weighted by atomic mass is 19.1. The summed E-state index contributed by atoms with van der Waals surface area (Å²) in [4.78, 5) is 22.7. The molecule has 0 radical (unpaired) electrons. The zero-order chi connectivity index (χ0) is 27.3. The van der Waals surface area contributed by atoms with Gasteiger partial charge in [-0.05, 0) is 68.2 Å². The molecule has 4 heterocycles. The number of hydrogen-bond donors (Lipinski definition) is 2. The highest BCUT2D eigenvalue weighted by Crippen LogP contribution is 2.49. The predicted octanol–water partition coefficient (Wildman–Crippen LogP) is 4.05. The SMILES string of the molecule is Cn1c(-c2cc3cccc4c3n2[C@@H](C2CC2)CN4CCCO)nc2cc(C(=O)N3C[C@H]4CC[C@@H]3[C@@H]4N)cc(F)c21. The van der Waals surface area contributed by atoms with E-state index in [-0.39, 0.29) is 30.6 Å². The number of rotatable bonds is 6. The number of hydrogen-bond acceptors (Lipinski definition) is 5. The number of imidazole rings is 1. The van der Waals surface area contributed by atoms with Crippen LogP contribution < -0.4 is 10.6 Å². The van der Waals surface area contributed by atoms with Crippen LogP contribution in [0, 0.1) is 17.7 Å². The third kappa shape index (κ3) is 3.43. The van der Waals surface area contributed by atoms with Crippen molar-refractivity contribution in [1.82, 2.24) is 19.0 Å². The number of carbonyl (C=O) groups is 1. The number of benzene rings is 2. The van der Waals surface area contributed by atoms with Gasteiger partial charge in [0.1, 0.15) is 11.3 Å². The molecule has 4 aromatic rings. The molecular formula is C31H35FN6O2. The first kappa shape index (κ1) is 24.4. The summed E-state index contributed by atoms with van der Waals surface area (Å²) in [7, 11) is 1.86. The van der Waals surface area contributed by atoms with E-state index >= 15 is 4.39 Å². The van der Waals surface area contributed by atoms with Gasteiger partial charge in [0.05, 0.1) is 28.5 Å². The molecule has 8 nitrogen and oxygen atoms in total. The quantitative estimate of drug-likeness (QED) is 0.384. The molecule has 9 heteroatoms. The third-order valence-corrected chi connectivity index (χ3v) is 9.98. The van der Waals surface area contributed by atoms with Crippen molar-refractivity contribution >= 4 is 33.5 Å². The molecular weight excluding hydrogens is 507 g/mol. The maximum atomic E-state index is 15.7. The summed E-state index contributed by atoms with van der Waals surface area (Å²) in [6.07, 6.45) is 5.11. The number of aliphatic hydroxyl groups is 1. The number of aromatic nitrogens is 3. The zero-order valence-electron chi connectivity index (χ0n) is 22.8. The Morgan fingerprint density at radius 1 is 1.07 bits per heavy atom. The summed E-state index contributed by atoms with van der Waals surface area (Å²) in [5.74, 6) is 1.06. The largest absolute Gasteiger partial charge is 0.396 e. The molecule has 40 heavy (non-hydrogen) atoms. The molecule has 2 bridgehead atoms. The maximum Gasteiger partial charge on any atom is 0.254 e. The van der Waals surface area contributed by atoms with Crippen LogP contribution >= 0.6 is 0 Å². The monoisotopic (exact) mass is 542 g/mol. The highest BCUT2D eigenvalue weighted by molar-refractivity contribution is 6.00. The lowest BCUT2D eigenvalue weighted by molar-refractivity contribution is 0.0700. The van der Waals surface area contributed by atoms with Crippen molar-refractivity contribution in [3.8, 4) is 11.5 Å². The van der Waals surface area contributed by atoms with E-state index in [2.05, 4.69) is 33.7 Å². The molecule has 2 saturated carbocycles. The third-order valence-electron chi connectivity index (χ3n) is 9.98. The molecule has 4 atom stereocenters. The Bertz CT molecular complexity index is 1670. The van der Waals surface area contributed by atoms with Crippen molar-refractivity contribution in [2.45, 2.75) is 50.2 Å². The molecule has 3 fully saturated rings. The van der Waals surface area contributed by atoms with Gasteiger partial charge in [-0.1, -0.05) is 12.1 Å². The lowest BCUT2D eigenvalue weighted by Gasteiger charge is -2.37. The molecule has 1 saturated heterocycles. The van der Waals surface area contributed by atoms with Gasteiger partial charge in [0.2, 0.25) is 0 Å². The number of piperidine rings is 1. The Morgan fingerprint density at radius 3 is 2.62 bits per heavy atom. The van der Waals surface area contributed by atoms with Crippen LogP contribution in [0.5, 0.6) is 0 Å². The topological polar surface area (TPSA) is 92.5 Å². The van der Waals surface area contributed by atoms with Gasteiger partial charge in [0.15, 0.2) is 5.82 Å². The van der Waals surface area contributed by atoms with Crippen LogP contribution in [-0.2, 0) is 7.05 Å². The minimum Gasteiger partial charge on any atom is -0.396 e.